The third-order valence-corrected chi connectivity index (χ3v) is 23.6. The Morgan fingerprint density at radius 1 is 0.651 bits per heavy atom. The molecule has 2 aliphatic carbocycles. The van der Waals surface area contributed by atoms with Gasteiger partial charge in [-0.3, -0.25) is 4.79 Å². The van der Waals surface area contributed by atoms with Crippen molar-refractivity contribution < 1.29 is 33.0 Å². The second-order valence-electron chi connectivity index (χ2n) is 19.4. The molecule has 63 heavy (non-hydrogen) atoms. The molecule has 0 radical (unpaired) electrons. The van der Waals surface area contributed by atoms with Crippen molar-refractivity contribution in [3.8, 4) is 11.5 Å². The second kappa shape index (κ2) is 19.6. The minimum absolute atomic E-state index is 0.0193. The van der Waals surface area contributed by atoms with Gasteiger partial charge in [-0.1, -0.05) is 169 Å². The molecule has 4 atom stereocenters. The maximum absolute atomic E-state index is 14.7. The smallest absolute Gasteiger partial charge is 0.261 e. The van der Waals surface area contributed by atoms with E-state index in [2.05, 4.69) is 169 Å². The van der Waals surface area contributed by atoms with Gasteiger partial charge in [0, 0.05) is 30.5 Å². The molecule has 0 aliphatic heterocycles. The zero-order valence-corrected chi connectivity index (χ0v) is 40.2. The molecule has 2 aliphatic rings. The average molecular weight is 883 g/mol. The lowest BCUT2D eigenvalue weighted by atomic mass is 9.70. The van der Waals surface area contributed by atoms with E-state index < -0.39 is 40.0 Å². The highest BCUT2D eigenvalue weighted by Crippen LogP contribution is 2.51. The van der Waals surface area contributed by atoms with Crippen LogP contribution in [0.2, 0.25) is 10.1 Å². The van der Waals surface area contributed by atoms with Crippen molar-refractivity contribution in [3.63, 3.8) is 0 Å². The van der Waals surface area contributed by atoms with Gasteiger partial charge in [0.05, 0.1) is 19.8 Å². The molecule has 0 amide bonds. The molecule has 332 valence electrons. The molecule has 0 heterocycles. The fraction of sp³-hybridized carbons (Fsp3) is 0.389. The standard InChI is InChI=1S/C54H66O7Si2/c1-52(2,3)62(44-21-12-8-13-22-44,45-23-14-9-15-24-45)60-36-35-54(39-61-63(53(4,5)6,46-25-16-10-17-26-46)47-27-18-11-19-28-47)37-41(50(55)48-29-20-30-49(54)51(48)56)38-58-40-59-43-33-31-42(57-7)32-34-43/h8-19,21-28,30-34,41,48,51,56H,20,29,35-40H2,1-7H3/t41-,48+,51-,54-/m0/s1. The summed E-state index contributed by atoms with van der Waals surface area (Å²) in [5.41, 5.74) is 0.126. The van der Waals surface area contributed by atoms with Gasteiger partial charge in [0.25, 0.3) is 16.6 Å². The Morgan fingerprint density at radius 3 is 1.57 bits per heavy atom. The topological polar surface area (TPSA) is 83.5 Å². The number of methoxy groups -OCH3 is 1. The minimum atomic E-state index is -3.07. The summed E-state index contributed by atoms with van der Waals surface area (Å²) >= 11 is 0. The Bertz CT molecular complexity index is 2180. The number of allylic oxidation sites excluding steroid dienone is 1. The number of ketones is 1. The molecule has 0 saturated heterocycles. The van der Waals surface area contributed by atoms with E-state index in [4.69, 9.17) is 23.1 Å². The molecule has 2 bridgehead atoms. The van der Waals surface area contributed by atoms with Gasteiger partial charge in [-0.2, -0.15) is 0 Å². The maximum atomic E-state index is 14.7. The number of hydrogen-bond acceptors (Lipinski definition) is 7. The molecule has 1 saturated carbocycles. The Morgan fingerprint density at radius 2 is 1.11 bits per heavy atom. The van der Waals surface area contributed by atoms with Crippen LogP contribution in [0.4, 0.5) is 0 Å². The molecule has 1 fully saturated rings. The summed E-state index contributed by atoms with van der Waals surface area (Å²) in [6.45, 7) is 14.6. The number of aliphatic hydroxyl groups excluding tert-OH is 1. The summed E-state index contributed by atoms with van der Waals surface area (Å²) in [5.74, 6) is 0.379. The first kappa shape index (κ1) is 46.4. The third-order valence-electron chi connectivity index (χ3n) is 13.5. The monoisotopic (exact) mass is 882 g/mol. The molecule has 7 rings (SSSR count). The number of aliphatic hydroxyl groups is 1. The number of benzene rings is 5. The van der Waals surface area contributed by atoms with Gasteiger partial charge >= 0.3 is 0 Å². The number of hydrogen-bond donors (Lipinski definition) is 1. The highest BCUT2D eigenvalue weighted by atomic mass is 28.4. The molecule has 1 N–H and O–H groups in total. The number of carbonyl (C=O) groups excluding carboxylic acids is 1. The van der Waals surface area contributed by atoms with Crippen molar-refractivity contribution in [1.82, 2.24) is 0 Å². The SMILES string of the molecule is COc1ccc(OCOC[C@@H]2C[C@@](CCO[Si](c3ccccc3)(c3ccccc3)C(C)(C)C)(CO[Si](c3ccccc3)(c3ccccc3)C(C)(C)C)C3=CCC[C@H](C2=O)[C@@H]3O)cc1. The predicted octanol–water partition coefficient (Wildman–Crippen LogP) is 8.86. The Hall–Kier alpha value is -4.62. The van der Waals surface area contributed by atoms with E-state index in [1.165, 1.54) is 20.7 Å². The van der Waals surface area contributed by atoms with Gasteiger partial charge in [0.2, 0.25) is 0 Å². The van der Waals surface area contributed by atoms with Crippen LogP contribution in [-0.4, -0.2) is 67.4 Å². The number of Topliss-reactive ketones (excluding diaryl/α,β-unsaturated/α-hetero) is 1. The van der Waals surface area contributed by atoms with Crippen molar-refractivity contribution >= 4 is 43.2 Å². The van der Waals surface area contributed by atoms with Crippen LogP contribution in [0.3, 0.4) is 0 Å². The third kappa shape index (κ3) is 9.46. The Kier molecular flexibility index (Phi) is 14.5. The quantitative estimate of drug-likeness (QED) is 0.0433. The van der Waals surface area contributed by atoms with Gasteiger partial charge in [-0.25, -0.2) is 0 Å². The van der Waals surface area contributed by atoms with Crippen molar-refractivity contribution in [1.29, 1.82) is 0 Å². The van der Waals surface area contributed by atoms with Crippen molar-refractivity contribution in [2.24, 2.45) is 17.3 Å². The first-order chi connectivity index (χ1) is 30.3. The van der Waals surface area contributed by atoms with Crippen molar-refractivity contribution in [3.05, 3.63) is 157 Å². The molecule has 0 unspecified atom stereocenters. The first-order valence-electron chi connectivity index (χ1n) is 22.5. The van der Waals surface area contributed by atoms with E-state index in [0.29, 0.717) is 44.6 Å². The van der Waals surface area contributed by atoms with Gasteiger partial charge in [-0.05, 0) is 86.3 Å². The van der Waals surface area contributed by atoms with Gasteiger partial charge in [0.15, 0.2) is 6.79 Å². The molecule has 5 aromatic rings. The molecule has 9 heteroatoms. The molecule has 0 aromatic heterocycles. The van der Waals surface area contributed by atoms with Gasteiger partial charge in [-0.15, -0.1) is 0 Å². The van der Waals surface area contributed by atoms with E-state index in [-0.39, 0.29) is 29.3 Å². The lowest BCUT2D eigenvalue weighted by Crippen LogP contribution is -2.67. The minimum Gasteiger partial charge on any atom is -0.497 e. The summed E-state index contributed by atoms with van der Waals surface area (Å²) in [6.07, 6.45) is 3.54. The number of ether oxygens (including phenoxy) is 3. The number of rotatable bonds is 17. The van der Waals surface area contributed by atoms with E-state index in [1.54, 1.807) is 7.11 Å². The number of fused-ring (bicyclic) bond motifs is 2. The zero-order chi connectivity index (χ0) is 44.7. The fourth-order valence-electron chi connectivity index (χ4n) is 10.5. The summed E-state index contributed by atoms with van der Waals surface area (Å²) in [7, 11) is -4.39. The summed E-state index contributed by atoms with van der Waals surface area (Å²) in [4.78, 5) is 14.7. The lowest BCUT2D eigenvalue weighted by molar-refractivity contribution is -0.132. The molecular weight excluding hydrogens is 817 g/mol. The summed E-state index contributed by atoms with van der Waals surface area (Å²) < 4.78 is 33.1. The van der Waals surface area contributed by atoms with Crippen molar-refractivity contribution in [2.45, 2.75) is 83.4 Å². The highest BCUT2D eigenvalue weighted by Gasteiger charge is 2.56. The van der Waals surface area contributed by atoms with Crippen LogP contribution in [0.25, 0.3) is 0 Å². The summed E-state index contributed by atoms with van der Waals surface area (Å²) in [6, 6.07) is 50.2. The van der Waals surface area contributed by atoms with Crippen LogP contribution in [0.1, 0.15) is 67.2 Å². The van der Waals surface area contributed by atoms with E-state index >= 15 is 0 Å². The second-order valence-corrected chi connectivity index (χ2v) is 28.0. The maximum Gasteiger partial charge on any atom is 0.261 e. The highest BCUT2D eigenvalue weighted by molar-refractivity contribution is 7.00. The van der Waals surface area contributed by atoms with Crippen LogP contribution < -0.4 is 30.2 Å². The molecule has 5 aromatic carbocycles. The van der Waals surface area contributed by atoms with Crippen LogP contribution in [-0.2, 0) is 18.4 Å². The van der Waals surface area contributed by atoms with E-state index in [1.807, 2.05) is 24.3 Å². The van der Waals surface area contributed by atoms with Crippen molar-refractivity contribution in [2.75, 3.05) is 33.7 Å². The lowest BCUT2D eigenvalue weighted by Gasteiger charge is -2.48. The van der Waals surface area contributed by atoms with Gasteiger partial charge < -0.3 is 28.2 Å². The Balaban J connectivity index is 1.31. The van der Waals surface area contributed by atoms with Crippen LogP contribution in [0.5, 0.6) is 11.5 Å². The van der Waals surface area contributed by atoms with E-state index in [0.717, 1.165) is 11.3 Å². The molecule has 0 spiro atoms. The molecule has 7 nitrogen and oxygen atoms in total. The molecular formula is C54H66O7Si2. The van der Waals surface area contributed by atoms with Crippen LogP contribution >= 0.6 is 0 Å². The first-order valence-corrected chi connectivity index (χ1v) is 26.3. The predicted molar refractivity (Wildman–Crippen MR) is 259 cm³/mol. The summed E-state index contributed by atoms with van der Waals surface area (Å²) in [5, 5.41) is 16.7. The van der Waals surface area contributed by atoms with Crippen LogP contribution in [0.15, 0.2) is 157 Å². The largest absolute Gasteiger partial charge is 0.497 e. The van der Waals surface area contributed by atoms with Crippen LogP contribution in [0, 0.1) is 17.3 Å². The number of carbonyl (C=O) groups is 1. The Labute approximate surface area is 377 Å². The zero-order valence-electron chi connectivity index (χ0n) is 38.2. The van der Waals surface area contributed by atoms with E-state index in [9.17, 15) is 9.90 Å². The average Bonchev–Trinajstić information content (AvgIpc) is 3.32. The normalized spacial score (nSPS) is 20.7. The fourth-order valence-corrected chi connectivity index (χ4v) is 19.7. The van der Waals surface area contributed by atoms with Gasteiger partial charge in [0.1, 0.15) is 17.3 Å².